The maximum atomic E-state index is 11.7. The zero-order chi connectivity index (χ0) is 11.5. The van der Waals surface area contributed by atoms with E-state index < -0.39 is 0 Å². The summed E-state index contributed by atoms with van der Waals surface area (Å²) in [5, 5.41) is 15.1. The van der Waals surface area contributed by atoms with E-state index in [1.165, 1.54) is 11.3 Å². The van der Waals surface area contributed by atoms with Crippen molar-refractivity contribution < 1.29 is 9.90 Å². The standard InChI is InChI=1S/C11H16N2O2S/c1-7-13-9(6-16-7)11(15)12-5-8-3-2-4-10(8)14/h6,8,10,14H,2-5H2,1H3,(H,12,15). The fourth-order valence-corrected chi connectivity index (χ4v) is 2.63. The van der Waals surface area contributed by atoms with E-state index >= 15 is 0 Å². The molecule has 1 aromatic rings. The number of aliphatic hydroxyl groups excluding tert-OH is 1. The zero-order valence-corrected chi connectivity index (χ0v) is 10.1. The third-order valence-corrected chi connectivity index (χ3v) is 3.77. The summed E-state index contributed by atoms with van der Waals surface area (Å²) in [4.78, 5) is 15.8. The van der Waals surface area contributed by atoms with Crippen molar-refractivity contribution in [3.05, 3.63) is 16.1 Å². The van der Waals surface area contributed by atoms with Gasteiger partial charge in [-0.2, -0.15) is 0 Å². The van der Waals surface area contributed by atoms with Crippen molar-refractivity contribution in [2.24, 2.45) is 5.92 Å². The summed E-state index contributed by atoms with van der Waals surface area (Å²) >= 11 is 1.47. The van der Waals surface area contributed by atoms with Crippen LogP contribution < -0.4 is 5.32 Å². The minimum absolute atomic E-state index is 0.136. The molecule has 0 aromatic carbocycles. The van der Waals surface area contributed by atoms with E-state index in [1.807, 2.05) is 6.92 Å². The summed E-state index contributed by atoms with van der Waals surface area (Å²) < 4.78 is 0. The number of rotatable bonds is 3. The van der Waals surface area contributed by atoms with E-state index in [2.05, 4.69) is 10.3 Å². The Kier molecular flexibility index (Phi) is 3.56. The molecule has 1 saturated carbocycles. The molecular formula is C11H16N2O2S. The fourth-order valence-electron chi connectivity index (χ4n) is 2.04. The lowest BCUT2D eigenvalue weighted by atomic mass is 10.1. The number of nitrogens with zero attached hydrogens (tertiary/aromatic N) is 1. The Morgan fingerprint density at radius 2 is 2.50 bits per heavy atom. The molecule has 0 bridgehead atoms. The van der Waals surface area contributed by atoms with Gasteiger partial charge >= 0.3 is 0 Å². The number of amides is 1. The summed E-state index contributed by atoms with van der Waals surface area (Å²) in [5.41, 5.74) is 0.481. The number of aromatic nitrogens is 1. The van der Waals surface area contributed by atoms with Crippen molar-refractivity contribution in [1.29, 1.82) is 0 Å². The van der Waals surface area contributed by atoms with Crippen LogP contribution in [-0.4, -0.2) is 28.6 Å². The van der Waals surface area contributed by atoms with E-state index in [9.17, 15) is 9.90 Å². The Balaban J connectivity index is 1.84. The van der Waals surface area contributed by atoms with Gasteiger partial charge in [0.25, 0.3) is 5.91 Å². The van der Waals surface area contributed by atoms with Crippen molar-refractivity contribution in [1.82, 2.24) is 10.3 Å². The van der Waals surface area contributed by atoms with Gasteiger partial charge < -0.3 is 10.4 Å². The van der Waals surface area contributed by atoms with Gasteiger partial charge in [-0.25, -0.2) is 4.98 Å². The van der Waals surface area contributed by atoms with Gasteiger partial charge in [0.15, 0.2) is 0 Å². The number of hydrogen-bond donors (Lipinski definition) is 2. The molecule has 16 heavy (non-hydrogen) atoms. The molecule has 1 aliphatic carbocycles. The molecule has 0 spiro atoms. The molecule has 2 atom stereocenters. The number of aliphatic hydroxyl groups is 1. The summed E-state index contributed by atoms with van der Waals surface area (Å²) in [6.45, 7) is 2.43. The highest BCUT2D eigenvalue weighted by molar-refractivity contribution is 7.09. The van der Waals surface area contributed by atoms with E-state index in [-0.39, 0.29) is 17.9 Å². The molecule has 4 nitrogen and oxygen atoms in total. The quantitative estimate of drug-likeness (QED) is 0.838. The SMILES string of the molecule is Cc1nc(C(=O)NCC2CCCC2O)cs1. The second kappa shape index (κ2) is 4.93. The zero-order valence-electron chi connectivity index (χ0n) is 9.27. The molecular weight excluding hydrogens is 224 g/mol. The van der Waals surface area contributed by atoms with Crippen LogP contribution in [0.4, 0.5) is 0 Å². The Morgan fingerprint density at radius 3 is 3.06 bits per heavy atom. The first-order valence-electron chi connectivity index (χ1n) is 5.55. The fraction of sp³-hybridized carbons (Fsp3) is 0.636. The summed E-state index contributed by atoms with van der Waals surface area (Å²) in [6, 6.07) is 0. The normalized spacial score (nSPS) is 24.6. The molecule has 1 aliphatic rings. The second-order valence-electron chi connectivity index (χ2n) is 4.22. The van der Waals surface area contributed by atoms with Gasteiger partial charge in [0.2, 0.25) is 0 Å². The number of carbonyl (C=O) groups excluding carboxylic acids is 1. The summed E-state index contributed by atoms with van der Waals surface area (Å²) in [7, 11) is 0. The van der Waals surface area contributed by atoms with Crippen LogP contribution in [0.25, 0.3) is 0 Å². The molecule has 1 amide bonds. The topological polar surface area (TPSA) is 62.2 Å². The number of thiazole rings is 1. The first-order valence-corrected chi connectivity index (χ1v) is 6.43. The Hall–Kier alpha value is -0.940. The Morgan fingerprint density at radius 1 is 1.69 bits per heavy atom. The van der Waals surface area contributed by atoms with Crippen molar-refractivity contribution in [3.63, 3.8) is 0 Å². The molecule has 1 fully saturated rings. The average molecular weight is 240 g/mol. The highest BCUT2D eigenvalue weighted by Crippen LogP contribution is 2.24. The lowest BCUT2D eigenvalue weighted by Gasteiger charge is -2.14. The van der Waals surface area contributed by atoms with Crippen LogP contribution in [0.2, 0.25) is 0 Å². The summed E-state index contributed by atoms with van der Waals surface area (Å²) in [5.74, 6) is 0.0760. The van der Waals surface area contributed by atoms with Crippen molar-refractivity contribution in [3.8, 4) is 0 Å². The monoisotopic (exact) mass is 240 g/mol. The van der Waals surface area contributed by atoms with Crippen LogP contribution in [0.1, 0.15) is 34.8 Å². The molecule has 0 radical (unpaired) electrons. The smallest absolute Gasteiger partial charge is 0.270 e. The molecule has 88 valence electrons. The molecule has 1 aromatic heterocycles. The van der Waals surface area contributed by atoms with Crippen LogP contribution in [0.5, 0.6) is 0 Å². The highest BCUT2D eigenvalue weighted by atomic mass is 32.1. The molecule has 2 N–H and O–H groups in total. The predicted octanol–water partition coefficient (Wildman–Crippen LogP) is 1.34. The largest absolute Gasteiger partial charge is 0.393 e. The van der Waals surface area contributed by atoms with E-state index in [1.54, 1.807) is 5.38 Å². The van der Waals surface area contributed by atoms with Crippen LogP contribution >= 0.6 is 11.3 Å². The van der Waals surface area contributed by atoms with E-state index in [4.69, 9.17) is 0 Å². The van der Waals surface area contributed by atoms with E-state index in [0.717, 1.165) is 24.3 Å². The average Bonchev–Trinajstić information content (AvgIpc) is 2.84. The summed E-state index contributed by atoms with van der Waals surface area (Å²) in [6.07, 6.45) is 2.66. The lowest BCUT2D eigenvalue weighted by molar-refractivity contribution is 0.0912. The highest BCUT2D eigenvalue weighted by Gasteiger charge is 2.25. The van der Waals surface area contributed by atoms with Crippen molar-refractivity contribution >= 4 is 17.2 Å². The van der Waals surface area contributed by atoms with Gasteiger partial charge in [0, 0.05) is 17.8 Å². The predicted molar refractivity (Wildman–Crippen MR) is 62.5 cm³/mol. The maximum Gasteiger partial charge on any atom is 0.270 e. The Labute approximate surface area is 98.7 Å². The van der Waals surface area contributed by atoms with Gasteiger partial charge in [-0.05, 0) is 19.8 Å². The van der Waals surface area contributed by atoms with Gasteiger partial charge in [-0.15, -0.1) is 11.3 Å². The Bertz CT molecular complexity index is 378. The van der Waals surface area contributed by atoms with Crippen LogP contribution in [0.15, 0.2) is 5.38 Å². The number of hydrogen-bond acceptors (Lipinski definition) is 4. The molecule has 1 heterocycles. The first kappa shape index (κ1) is 11.5. The lowest BCUT2D eigenvalue weighted by Crippen LogP contribution is -2.32. The van der Waals surface area contributed by atoms with Gasteiger partial charge in [-0.1, -0.05) is 6.42 Å². The molecule has 0 saturated heterocycles. The minimum atomic E-state index is -0.252. The second-order valence-corrected chi connectivity index (χ2v) is 5.28. The minimum Gasteiger partial charge on any atom is -0.393 e. The van der Waals surface area contributed by atoms with Gasteiger partial charge in [0.1, 0.15) is 5.69 Å². The van der Waals surface area contributed by atoms with Crippen LogP contribution in [0, 0.1) is 12.8 Å². The van der Waals surface area contributed by atoms with Crippen molar-refractivity contribution in [2.75, 3.05) is 6.54 Å². The van der Waals surface area contributed by atoms with Crippen LogP contribution in [-0.2, 0) is 0 Å². The first-order chi connectivity index (χ1) is 7.66. The van der Waals surface area contributed by atoms with Gasteiger partial charge in [-0.3, -0.25) is 4.79 Å². The number of carbonyl (C=O) groups is 1. The number of aryl methyl sites for hydroxylation is 1. The van der Waals surface area contributed by atoms with Gasteiger partial charge in [0.05, 0.1) is 11.1 Å². The number of nitrogens with one attached hydrogen (secondary N) is 1. The van der Waals surface area contributed by atoms with E-state index in [0.29, 0.717) is 12.2 Å². The van der Waals surface area contributed by atoms with Crippen molar-refractivity contribution in [2.45, 2.75) is 32.3 Å². The maximum absolute atomic E-state index is 11.7. The third kappa shape index (κ3) is 2.59. The third-order valence-electron chi connectivity index (χ3n) is 3.00. The molecule has 2 unspecified atom stereocenters. The molecule has 0 aliphatic heterocycles. The van der Waals surface area contributed by atoms with Crippen LogP contribution in [0.3, 0.4) is 0 Å². The molecule has 2 rings (SSSR count). The molecule has 5 heteroatoms.